The van der Waals surface area contributed by atoms with Crippen LogP contribution in [0.3, 0.4) is 0 Å². The second-order valence-corrected chi connectivity index (χ2v) is 6.46. The van der Waals surface area contributed by atoms with E-state index in [1.54, 1.807) is 0 Å². The zero-order chi connectivity index (χ0) is 12.1. The highest BCUT2D eigenvalue weighted by Crippen LogP contribution is 2.32. The zero-order valence-corrected chi connectivity index (χ0v) is 12.4. The zero-order valence-electron chi connectivity index (χ0n) is 10.0. The maximum atomic E-state index is 5.23. The van der Waals surface area contributed by atoms with Gasteiger partial charge >= 0.3 is 0 Å². The topological polar surface area (TPSA) is 21.3 Å². The Balaban J connectivity index is 2.01. The van der Waals surface area contributed by atoms with E-state index in [0.29, 0.717) is 5.25 Å². The van der Waals surface area contributed by atoms with Gasteiger partial charge < -0.3 is 10.1 Å². The highest BCUT2D eigenvalue weighted by atomic mass is 79.9. The van der Waals surface area contributed by atoms with E-state index >= 15 is 0 Å². The molecule has 4 heteroatoms. The first kappa shape index (κ1) is 13.4. The number of nitrogens with one attached hydrogen (secondary N) is 1. The van der Waals surface area contributed by atoms with E-state index in [4.69, 9.17) is 4.74 Å². The van der Waals surface area contributed by atoms with Crippen LogP contribution in [0.2, 0.25) is 0 Å². The first-order chi connectivity index (χ1) is 8.29. The molecular weight excluding hydrogens is 298 g/mol. The average Bonchev–Trinajstić information content (AvgIpc) is 2.26. The van der Waals surface area contributed by atoms with Gasteiger partial charge in [-0.25, -0.2) is 0 Å². The van der Waals surface area contributed by atoms with Crippen LogP contribution in [0.5, 0.6) is 0 Å². The van der Waals surface area contributed by atoms with Gasteiger partial charge in [0.1, 0.15) is 0 Å². The van der Waals surface area contributed by atoms with Crippen molar-refractivity contribution >= 4 is 27.7 Å². The van der Waals surface area contributed by atoms with Gasteiger partial charge in [-0.05, 0) is 30.7 Å². The van der Waals surface area contributed by atoms with Crippen LogP contribution in [0.15, 0.2) is 27.6 Å². The Morgan fingerprint density at radius 3 is 2.94 bits per heavy atom. The normalized spacial score (nSPS) is 15.9. The highest BCUT2D eigenvalue weighted by molar-refractivity contribution is 9.10. The van der Waals surface area contributed by atoms with Gasteiger partial charge in [0.05, 0.1) is 18.5 Å². The lowest BCUT2D eigenvalue weighted by Crippen LogP contribution is -2.30. The molecule has 1 N–H and O–H groups in total. The molecule has 0 spiro atoms. The van der Waals surface area contributed by atoms with Crippen molar-refractivity contribution in [3.63, 3.8) is 0 Å². The molecular formula is C13H18BrNOS. The molecule has 1 fully saturated rings. The second-order valence-electron chi connectivity index (χ2n) is 4.21. The van der Waals surface area contributed by atoms with Gasteiger partial charge in [0.25, 0.3) is 0 Å². The maximum absolute atomic E-state index is 5.23. The summed E-state index contributed by atoms with van der Waals surface area (Å²) in [5, 5.41) is 4.09. The van der Waals surface area contributed by atoms with E-state index in [0.717, 1.165) is 30.8 Å². The smallest absolute Gasteiger partial charge is 0.0611 e. The van der Waals surface area contributed by atoms with Crippen molar-refractivity contribution in [2.45, 2.75) is 30.0 Å². The number of hydrogen-bond acceptors (Lipinski definition) is 3. The van der Waals surface area contributed by atoms with Crippen LogP contribution in [0.1, 0.15) is 18.9 Å². The van der Waals surface area contributed by atoms with E-state index in [-0.39, 0.29) is 0 Å². The van der Waals surface area contributed by atoms with Gasteiger partial charge in [0.2, 0.25) is 0 Å². The standard InChI is InChI=1S/C13H18BrNOS/c1-2-5-15-7-10-3-4-11(14)6-13(10)17-12-8-16-9-12/h3-4,6,12,15H,2,5,7-9H2,1H3. The fourth-order valence-electron chi connectivity index (χ4n) is 1.65. The molecule has 2 nitrogen and oxygen atoms in total. The number of thioether (sulfide) groups is 1. The molecule has 1 heterocycles. The molecule has 1 aromatic rings. The molecule has 0 atom stereocenters. The first-order valence-corrected chi connectivity index (χ1v) is 7.70. The molecule has 17 heavy (non-hydrogen) atoms. The molecule has 0 amide bonds. The van der Waals surface area contributed by atoms with Crippen molar-refractivity contribution in [1.82, 2.24) is 5.32 Å². The second kappa shape index (κ2) is 6.78. The summed E-state index contributed by atoms with van der Waals surface area (Å²) in [5.74, 6) is 0. The number of hydrogen-bond donors (Lipinski definition) is 1. The van der Waals surface area contributed by atoms with E-state index in [9.17, 15) is 0 Å². The quantitative estimate of drug-likeness (QED) is 0.813. The molecule has 1 aliphatic heterocycles. The summed E-state index contributed by atoms with van der Waals surface area (Å²) in [4.78, 5) is 1.37. The molecule has 0 bridgehead atoms. The van der Waals surface area contributed by atoms with Crippen molar-refractivity contribution < 1.29 is 4.74 Å². The van der Waals surface area contributed by atoms with Gasteiger partial charge in [0.15, 0.2) is 0 Å². The Morgan fingerprint density at radius 2 is 2.29 bits per heavy atom. The fraction of sp³-hybridized carbons (Fsp3) is 0.538. The van der Waals surface area contributed by atoms with Gasteiger partial charge in [-0.1, -0.05) is 28.9 Å². The lowest BCUT2D eigenvalue weighted by molar-refractivity contribution is 0.0455. The Hall–Kier alpha value is -0.0300. The minimum absolute atomic E-state index is 0.634. The van der Waals surface area contributed by atoms with E-state index in [1.807, 2.05) is 11.8 Å². The summed E-state index contributed by atoms with van der Waals surface area (Å²) >= 11 is 5.48. The first-order valence-electron chi connectivity index (χ1n) is 6.03. The van der Waals surface area contributed by atoms with Crippen LogP contribution >= 0.6 is 27.7 Å². The summed E-state index contributed by atoms with van der Waals surface area (Å²) in [6, 6.07) is 6.53. The SMILES string of the molecule is CCCNCc1ccc(Br)cc1SC1COC1. The number of halogens is 1. The molecule has 0 saturated carbocycles. The molecule has 1 aromatic carbocycles. The van der Waals surface area contributed by atoms with Gasteiger partial charge in [-0.3, -0.25) is 0 Å². The Labute approximate surface area is 116 Å². The van der Waals surface area contributed by atoms with E-state index in [1.165, 1.54) is 16.9 Å². The van der Waals surface area contributed by atoms with Crippen LogP contribution in [0.4, 0.5) is 0 Å². The minimum Gasteiger partial charge on any atom is -0.379 e. The summed E-state index contributed by atoms with van der Waals surface area (Å²) < 4.78 is 6.38. The third kappa shape index (κ3) is 3.98. The third-order valence-electron chi connectivity index (χ3n) is 2.67. The van der Waals surface area contributed by atoms with Gasteiger partial charge in [-0.15, -0.1) is 11.8 Å². The summed E-state index contributed by atoms with van der Waals surface area (Å²) in [6.45, 7) is 6.00. The third-order valence-corrected chi connectivity index (χ3v) is 4.41. The van der Waals surface area contributed by atoms with Crippen LogP contribution in [0, 0.1) is 0 Å². The molecule has 0 radical (unpaired) electrons. The van der Waals surface area contributed by atoms with Crippen molar-refractivity contribution in [1.29, 1.82) is 0 Å². The molecule has 1 aliphatic rings. The molecule has 2 rings (SSSR count). The summed E-state index contributed by atoms with van der Waals surface area (Å²) in [7, 11) is 0. The number of benzene rings is 1. The molecule has 0 aromatic heterocycles. The minimum atomic E-state index is 0.634. The van der Waals surface area contributed by atoms with Crippen molar-refractivity contribution in [2.75, 3.05) is 19.8 Å². The molecule has 1 saturated heterocycles. The maximum Gasteiger partial charge on any atom is 0.0611 e. The van der Waals surface area contributed by atoms with Crippen molar-refractivity contribution in [2.24, 2.45) is 0 Å². The predicted octanol–water partition coefficient (Wildman–Crippen LogP) is 3.44. The Morgan fingerprint density at radius 1 is 1.47 bits per heavy atom. The van der Waals surface area contributed by atoms with E-state index < -0.39 is 0 Å². The fourth-order valence-corrected chi connectivity index (χ4v) is 3.33. The lowest BCUT2D eigenvalue weighted by atomic mass is 10.2. The molecule has 0 unspecified atom stereocenters. The van der Waals surface area contributed by atoms with E-state index in [2.05, 4.69) is 46.4 Å². The molecule has 0 aliphatic carbocycles. The number of ether oxygens (including phenoxy) is 1. The highest BCUT2D eigenvalue weighted by Gasteiger charge is 2.20. The van der Waals surface area contributed by atoms with Crippen molar-refractivity contribution in [3.8, 4) is 0 Å². The summed E-state index contributed by atoms with van der Waals surface area (Å²) in [5.41, 5.74) is 1.39. The van der Waals surface area contributed by atoms with Crippen LogP contribution in [0.25, 0.3) is 0 Å². The Kier molecular flexibility index (Phi) is 5.35. The van der Waals surface area contributed by atoms with Crippen LogP contribution in [-0.4, -0.2) is 25.0 Å². The van der Waals surface area contributed by atoms with Gasteiger partial charge in [0, 0.05) is 15.9 Å². The predicted molar refractivity (Wildman–Crippen MR) is 76.6 cm³/mol. The molecule has 94 valence electrons. The van der Waals surface area contributed by atoms with Gasteiger partial charge in [-0.2, -0.15) is 0 Å². The number of rotatable bonds is 6. The Bertz CT molecular complexity index is 368. The van der Waals surface area contributed by atoms with Crippen molar-refractivity contribution in [3.05, 3.63) is 28.2 Å². The lowest BCUT2D eigenvalue weighted by Gasteiger charge is -2.26. The summed E-state index contributed by atoms with van der Waals surface area (Å²) in [6.07, 6.45) is 1.18. The monoisotopic (exact) mass is 315 g/mol. The largest absolute Gasteiger partial charge is 0.379 e. The van der Waals surface area contributed by atoms with Crippen LogP contribution < -0.4 is 5.32 Å². The van der Waals surface area contributed by atoms with Crippen LogP contribution in [-0.2, 0) is 11.3 Å². The average molecular weight is 316 g/mol.